The number of carboxylic acids is 1. The molecule has 0 aromatic heterocycles. The molecule has 1 N–H and O–H groups in total. The SMILES string of the molecule is CN(C(=O)COCC1CC1)C(Cc1ccccc1)C(=O)O. The van der Waals surface area contributed by atoms with E-state index in [1.54, 1.807) is 0 Å². The topological polar surface area (TPSA) is 66.8 Å². The number of ether oxygens (including phenoxy) is 1. The summed E-state index contributed by atoms with van der Waals surface area (Å²) in [7, 11) is 1.52. The quantitative estimate of drug-likeness (QED) is 0.789. The van der Waals surface area contributed by atoms with Crippen molar-refractivity contribution in [1.29, 1.82) is 0 Å². The molecule has 1 aromatic carbocycles. The zero-order valence-corrected chi connectivity index (χ0v) is 12.2. The first-order valence-corrected chi connectivity index (χ1v) is 7.18. The third kappa shape index (κ3) is 4.86. The Labute approximate surface area is 124 Å². The standard InChI is InChI=1S/C16H21NO4/c1-17(15(18)11-21-10-13-7-8-13)14(16(19)20)9-12-5-3-2-4-6-12/h2-6,13-14H,7-11H2,1H3,(H,19,20). The lowest BCUT2D eigenvalue weighted by molar-refractivity contribution is -0.150. The first-order valence-electron chi connectivity index (χ1n) is 7.18. The van der Waals surface area contributed by atoms with Gasteiger partial charge in [-0.1, -0.05) is 30.3 Å². The van der Waals surface area contributed by atoms with Crippen LogP contribution in [-0.4, -0.2) is 48.2 Å². The summed E-state index contributed by atoms with van der Waals surface area (Å²) in [6.07, 6.45) is 2.62. The number of hydrogen-bond donors (Lipinski definition) is 1. The molecule has 1 saturated carbocycles. The molecule has 1 fully saturated rings. The molecule has 0 saturated heterocycles. The molecule has 1 aromatic rings. The van der Waals surface area contributed by atoms with Crippen LogP contribution >= 0.6 is 0 Å². The van der Waals surface area contributed by atoms with Crippen molar-refractivity contribution in [2.24, 2.45) is 5.92 Å². The Morgan fingerprint density at radius 3 is 2.57 bits per heavy atom. The maximum Gasteiger partial charge on any atom is 0.326 e. The van der Waals surface area contributed by atoms with Gasteiger partial charge in [0.1, 0.15) is 12.6 Å². The van der Waals surface area contributed by atoms with Gasteiger partial charge in [-0.05, 0) is 24.3 Å². The summed E-state index contributed by atoms with van der Waals surface area (Å²) < 4.78 is 5.34. The Morgan fingerprint density at radius 1 is 1.33 bits per heavy atom. The van der Waals surface area contributed by atoms with Crippen molar-refractivity contribution in [1.82, 2.24) is 4.90 Å². The highest BCUT2D eigenvalue weighted by atomic mass is 16.5. The second-order valence-electron chi connectivity index (χ2n) is 5.51. The predicted molar refractivity (Wildman–Crippen MR) is 77.9 cm³/mol. The van der Waals surface area contributed by atoms with Crippen molar-refractivity contribution < 1.29 is 19.4 Å². The van der Waals surface area contributed by atoms with Crippen LogP contribution in [0.1, 0.15) is 18.4 Å². The van der Waals surface area contributed by atoms with Crippen molar-refractivity contribution in [2.45, 2.75) is 25.3 Å². The number of carbonyl (C=O) groups is 2. The van der Waals surface area contributed by atoms with Crippen molar-refractivity contribution >= 4 is 11.9 Å². The first kappa shape index (κ1) is 15.5. The molecular weight excluding hydrogens is 270 g/mol. The Morgan fingerprint density at radius 2 is 2.00 bits per heavy atom. The summed E-state index contributed by atoms with van der Waals surface area (Å²) in [6.45, 7) is 0.543. The molecule has 21 heavy (non-hydrogen) atoms. The molecule has 1 amide bonds. The summed E-state index contributed by atoms with van der Waals surface area (Å²) in [4.78, 5) is 24.7. The molecule has 1 aliphatic carbocycles. The van der Waals surface area contributed by atoms with Crippen molar-refractivity contribution in [3.8, 4) is 0 Å². The van der Waals surface area contributed by atoms with E-state index in [-0.39, 0.29) is 12.5 Å². The normalized spacial score (nSPS) is 15.5. The highest BCUT2D eigenvalue weighted by Gasteiger charge is 2.27. The summed E-state index contributed by atoms with van der Waals surface area (Å²) in [5.41, 5.74) is 0.892. The Bertz CT molecular complexity index is 484. The van der Waals surface area contributed by atoms with E-state index in [1.165, 1.54) is 11.9 Å². The molecule has 0 radical (unpaired) electrons. The number of benzene rings is 1. The van der Waals surface area contributed by atoms with E-state index in [1.807, 2.05) is 30.3 Å². The van der Waals surface area contributed by atoms with Gasteiger partial charge in [0.2, 0.25) is 5.91 Å². The second-order valence-corrected chi connectivity index (χ2v) is 5.51. The summed E-state index contributed by atoms with van der Waals surface area (Å²) in [5.74, 6) is -0.710. The average molecular weight is 291 g/mol. The van der Waals surface area contributed by atoms with E-state index < -0.39 is 12.0 Å². The van der Waals surface area contributed by atoms with E-state index >= 15 is 0 Å². The van der Waals surface area contributed by atoms with Gasteiger partial charge in [-0.2, -0.15) is 0 Å². The Balaban J connectivity index is 1.89. The number of carboxylic acid groups (broad SMARTS) is 1. The van der Waals surface area contributed by atoms with Gasteiger partial charge in [0.15, 0.2) is 0 Å². The molecule has 1 unspecified atom stereocenters. The molecule has 1 aliphatic rings. The van der Waals surface area contributed by atoms with E-state index in [9.17, 15) is 14.7 Å². The molecule has 5 nitrogen and oxygen atoms in total. The van der Waals surface area contributed by atoms with Crippen LogP contribution in [0.15, 0.2) is 30.3 Å². The van der Waals surface area contributed by atoms with Gasteiger partial charge in [0.25, 0.3) is 0 Å². The summed E-state index contributed by atoms with van der Waals surface area (Å²) in [5, 5.41) is 9.34. The third-order valence-corrected chi connectivity index (χ3v) is 3.69. The fourth-order valence-electron chi connectivity index (χ4n) is 2.10. The van der Waals surface area contributed by atoms with Crippen molar-refractivity contribution in [2.75, 3.05) is 20.3 Å². The average Bonchev–Trinajstić information content (AvgIpc) is 3.29. The van der Waals surface area contributed by atoms with Gasteiger partial charge in [0, 0.05) is 13.5 Å². The lowest BCUT2D eigenvalue weighted by atomic mass is 10.1. The van der Waals surface area contributed by atoms with Crippen LogP contribution in [0.2, 0.25) is 0 Å². The van der Waals surface area contributed by atoms with Crippen LogP contribution in [0.25, 0.3) is 0 Å². The maximum atomic E-state index is 12.0. The predicted octanol–water partition coefficient (Wildman–Crippen LogP) is 1.57. The Hall–Kier alpha value is -1.88. The Kier molecular flexibility index (Phi) is 5.33. The number of hydrogen-bond acceptors (Lipinski definition) is 3. The van der Waals surface area contributed by atoms with Crippen LogP contribution in [0.3, 0.4) is 0 Å². The van der Waals surface area contributed by atoms with E-state index in [0.717, 1.165) is 18.4 Å². The molecule has 0 aliphatic heterocycles. The number of rotatable bonds is 8. The maximum absolute atomic E-state index is 12.0. The minimum Gasteiger partial charge on any atom is -0.480 e. The first-order chi connectivity index (χ1) is 10.1. The van der Waals surface area contributed by atoms with Crippen LogP contribution < -0.4 is 0 Å². The summed E-state index contributed by atoms with van der Waals surface area (Å²) >= 11 is 0. The molecule has 0 spiro atoms. The van der Waals surface area contributed by atoms with Crippen LogP contribution in [-0.2, 0) is 20.7 Å². The molecule has 0 heterocycles. The zero-order valence-electron chi connectivity index (χ0n) is 12.2. The van der Waals surface area contributed by atoms with Crippen molar-refractivity contribution in [3.05, 3.63) is 35.9 Å². The lowest BCUT2D eigenvalue weighted by Crippen LogP contribution is -2.45. The fraction of sp³-hybridized carbons (Fsp3) is 0.500. The molecule has 5 heteroatoms. The van der Waals surface area contributed by atoms with Crippen molar-refractivity contribution in [3.63, 3.8) is 0 Å². The largest absolute Gasteiger partial charge is 0.480 e. The smallest absolute Gasteiger partial charge is 0.326 e. The molecular formula is C16H21NO4. The number of nitrogens with zero attached hydrogens (tertiary/aromatic N) is 1. The minimum absolute atomic E-state index is 0.0500. The van der Waals surface area contributed by atoms with Gasteiger partial charge in [0.05, 0.1) is 6.61 Å². The van der Waals surface area contributed by atoms with E-state index in [4.69, 9.17) is 4.74 Å². The number of aliphatic carboxylic acids is 1. The van der Waals surface area contributed by atoms with Gasteiger partial charge in [-0.15, -0.1) is 0 Å². The van der Waals surface area contributed by atoms with E-state index in [0.29, 0.717) is 18.9 Å². The van der Waals surface area contributed by atoms with Gasteiger partial charge in [-0.3, -0.25) is 4.79 Å². The minimum atomic E-state index is -1.00. The van der Waals surface area contributed by atoms with Crippen LogP contribution in [0.5, 0.6) is 0 Å². The lowest BCUT2D eigenvalue weighted by Gasteiger charge is -2.25. The zero-order chi connectivity index (χ0) is 15.2. The number of carbonyl (C=O) groups excluding carboxylic acids is 1. The van der Waals surface area contributed by atoms with Gasteiger partial charge in [-0.25, -0.2) is 4.79 Å². The van der Waals surface area contributed by atoms with E-state index in [2.05, 4.69) is 0 Å². The van der Waals surface area contributed by atoms with Crippen LogP contribution in [0, 0.1) is 5.92 Å². The van der Waals surface area contributed by atoms with Gasteiger partial charge < -0.3 is 14.7 Å². The molecule has 1 atom stereocenters. The summed E-state index contributed by atoms with van der Waals surface area (Å²) in [6, 6.07) is 8.43. The fourth-order valence-corrected chi connectivity index (χ4v) is 2.10. The highest BCUT2D eigenvalue weighted by Crippen LogP contribution is 2.28. The third-order valence-electron chi connectivity index (χ3n) is 3.69. The second kappa shape index (κ2) is 7.22. The molecule has 114 valence electrons. The molecule has 2 rings (SSSR count). The number of amides is 1. The van der Waals surface area contributed by atoms with Gasteiger partial charge >= 0.3 is 5.97 Å². The monoisotopic (exact) mass is 291 g/mol. The van der Waals surface area contributed by atoms with Crippen LogP contribution in [0.4, 0.5) is 0 Å². The highest BCUT2D eigenvalue weighted by molar-refractivity contribution is 5.84. The number of likely N-dealkylation sites (N-methyl/N-ethyl adjacent to an activating group) is 1. The molecule has 0 bridgehead atoms.